The zero-order valence-electron chi connectivity index (χ0n) is 6.15. The van der Waals surface area contributed by atoms with Gasteiger partial charge in [-0.2, -0.15) is 0 Å². The van der Waals surface area contributed by atoms with Crippen LogP contribution < -0.4 is 0 Å². The molecule has 1 aromatic carbocycles. The first-order chi connectivity index (χ1) is 5.27. The van der Waals surface area contributed by atoms with E-state index in [9.17, 15) is 4.79 Å². The van der Waals surface area contributed by atoms with E-state index >= 15 is 0 Å². The Kier molecular flexibility index (Phi) is 2.20. The van der Waals surface area contributed by atoms with Crippen LogP contribution in [0.1, 0.15) is 21.5 Å². The molecule has 12 heavy (non-hydrogen) atoms. The van der Waals surface area contributed by atoms with Gasteiger partial charge in [-0.1, -0.05) is 18.2 Å². The summed E-state index contributed by atoms with van der Waals surface area (Å²) in [6, 6.07) is 5.11. The molecule has 0 saturated heterocycles. The summed E-state index contributed by atoms with van der Waals surface area (Å²) in [6.45, 7) is 0. The largest absolute Gasteiger partial charge is 0.478 e. The Labute approximate surface area is 75.9 Å². The second kappa shape index (κ2) is 2.99. The van der Waals surface area contributed by atoms with Crippen molar-refractivity contribution in [1.29, 1.82) is 0 Å². The van der Waals surface area contributed by atoms with Gasteiger partial charge in [-0.05, 0) is 23.3 Å². The van der Waals surface area contributed by atoms with Crippen molar-refractivity contribution in [2.75, 3.05) is 0 Å². The lowest BCUT2D eigenvalue weighted by atomic mass is 9.96. The van der Waals surface area contributed by atoms with Crippen LogP contribution >= 0.6 is 12.4 Å². The second-order valence-corrected chi connectivity index (χ2v) is 2.48. The van der Waals surface area contributed by atoms with Crippen LogP contribution in [0.5, 0.6) is 0 Å². The first-order valence-electron chi connectivity index (χ1n) is 3.33. The predicted octanol–water partition coefficient (Wildman–Crippen LogP) is 2.29. The molecule has 0 heterocycles. The standard InChI is InChI=1S/C9H6O2.ClH/c10-9(11)8-4-2-6-1-3-7(6)5-8;/h1-5H,(H,10,11);1H. The molecule has 0 atom stereocenters. The molecule has 2 rings (SSSR count). The highest BCUT2D eigenvalue weighted by Crippen LogP contribution is 2.23. The summed E-state index contributed by atoms with van der Waals surface area (Å²) in [6.07, 6.45) is 3.86. The molecule has 0 bridgehead atoms. The Bertz CT molecular complexity index is 356. The highest BCUT2D eigenvalue weighted by atomic mass is 35.5. The highest BCUT2D eigenvalue weighted by Gasteiger charge is 2.08. The maximum absolute atomic E-state index is 10.5. The molecule has 0 aromatic heterocycles. The van der Waals surface area contributed by atoms with E-state index in [0.717, 1.165) is 11.1 Å². The van der Waals surface area contributed by atoms with Gasteiger partial charge in [-0.3, -0.25) is 0 Å². The minimum atomic E-state index is -0.867. The number of benzene rings is 1. The van der Waals surface area contributed by atoms with Crippen LogP contribution in [-0.4, -0.2) is 11.1 Å². The van der Waals surface area contributed by atoms with Crippen molar-refractivity contribution in [3.63, 3.8) is 0 Å². The third kappa shape index (κ3) is 1.21. The molecule has 0 unspecified atom stereocenters. The van der Waals surface area contributed by atoms with Crippen molar-refractivity contribution < 1.29 is 9.90 Å². The molecule has 1 aliphatic carbocycles. The van der Waals surface area contributed by atoms with Gasteiger partial charge < -0.3 is 5.11 Å². The second-order valence-electron chi connectivity index (χ2n) is 2.48. The zero-order valence-corrected chi connectivity index (χ0v) is 6.97. The van der Waals surface area contributed by atoms with Crippen LogP contribution in [-0.2, 0) is 0 Å². The summed E-state index contributed by atoms with van der Waals surface area (Å²) in [7, 11) is 0. The maximum Gasteiger partial charge on any atom is 0.335 e. The zero-order chi connectivity index (χ0) is 7.84. The Morgan fingerprint density at radius 1 is 1.17 bits per heavy atom. The molecule has 0 radical (unpaired) electrons. The molecule has 0 amide bonds. The van der Waals surface area contributed by atoms with Crippen LogP contribution in [0.2, 0.25) is 0 Å². The van der Waals surface area contributed by atoms with Gasteiger partial charge >= 0.3 is 5.97 Å². The molecule has 1 aromatic rings. The highest BCUT2D eigenvalue weighted by molar-refractivity contribution is 5.93. The minimum absolute atomic E-state index is 0. The molecule has 0 fully saturated rings. The fourth-order valence-electron chi connectivity index (χ4n) is 1.09. The minimum Gasteiger partial charge on any atom is -0.478 e. The van der Waals surface area contributed by atoms with E-state index in [1.807, 2.05) is 18.2 Å². The number of hydrogen-bond acceptors (Lipinski definition) is 1. The van der Waals surface area contributed by atoms with Crippen molar-refractivity contribution in [3.05, 3.63) is 34.9 Å². The molecule has 1 N–H and O–H groups in total. The Balaban J connectivity index is 0.000000720. The summed E-state index contributed by atoms with van der Waals surface area (Å²) in [4.78, 5) is 10.5. The Morgan fingerprint density at radius 2 is 1.83 bits per heavy atom. The van der Waals surface area contributed by atoms with Crippen molar-refractivity contribution in [1.82, 2.24) is 0 Å². The SMILES string of the molecule is Cl.O=C(O)c1ccc2c(c1)C=C2. The molecule has 0 saturated carbocycles. The normalized spacial score (nSPS) is 11.0. The van der Waals surface area contributed by atoms with E-state index in [2.05, 4.69) is 0 Å². The van der Waals surface area contributed by atoms with E-state index in [0.29, 0.717) is 5.56 Å². The van der Waals surface area contributed by atoms with Crippen LogP contribution in [0.15, 0.2) is 18.2 Å². The van der Waals surface area contributed by atoms with E-state index in [-0.39, 0.29) is 12.4 Å². The molecular weight excluding hydrogens is 176 g/mol. The molecular formula is C9H7ClO2. The lowest BCUT2D eigenvalue weighted by Crippen LogP contribution is -1.99. The lowest BCUT2D eigenvalue weighted by Gasteiger charge is -2.09. The van der Waals surface area contributed by atoms with Gasteiger partial charge in [0.15, 0.2) is 0 Å². The van der Waals surface area contributed by atoms with Crippen molar-refractivity contribution >= 4 is 30.5 Å². The van der Waals surface area contributed by atoms with Crippen LogP contribution in [0, 0.1) is 0 Å². The van der Waals surface area contributed by atoms with Crippen molar-refractivity contribution in [3.8, 4) is 0 Å². The fourth-order valence-corrected chi connectivity index (χ4v) is 1.09. The maximum atomic E-state index is 10.5. The monoisotopic (exact) mass is 182 g/mol. The molecule has 1 aliphatic rings. The number of carboxylic acid groups (broad SMARTS) is 1. The number of halogens is 1. The molecule has 2 nitrogen and oxygen atoms in total. The van der Waals surface area contributed by atoms with Crippen LogP contribution in [0.4, 0.5) is 0 Å². The van der Waals surface area contributed by atoms with Gasteiger partial charge in [0.05, 0.1) is 5.56 Å². The average Bonchev–Trinajstić information content (AvgIpc) is 1.91. The van der Waals surface area contributed by atoms with Gasteiger partial charge in [0.1, 0.15) is 0 Å². The van der Waals surface area contributed by atoms with Crippen molar-refractivity contribution in [2.24, 2.45) is 0 Å². The quantitative estimate of drug-likeness (QED) is 0.735. The van der Waals surface area contributed by atoms with Crippen LogP contribution in [0.25, 0.3) is 12.2 Å². The summed E-state index contributed by atoms with van der Waals surface area (Å²) in [5.74, 6) is -0.867. The van der Waals surface area contributed by atoms with Crippen LogP contribution in [0.3, 0.4) is 0 Å². The lowest BCUT2D eigenvalue weighted by molar-refractivity contribution is 0.0697. The molecule has 0 aliphatic heterocycles. The van der Waals surface area contributed by atoms with Gasteiger partial charge in [-0.25, -0.2) is 4.79 Å². The first kappa shape index (κ1) is 8.81. The number of fused-ring (bicyclic) bond motifs is 1. The fraction of sp³-hybridized carbons (Fsp3) is 0. The molecule has 0 spiro atoms. The van der Waals surface area contributed by atoms with E-state index < -0.39 is 5.97 Å². The summed E-state index contributed by atoms with van der Waals surface area (Å²) in [5, 5.41) is 8.60. The number of aromatic carboxylic acids is 1. The molecule has 62 valence electrons. The predicted molar refractivity (Wildman–Crippen MR) is 49.6 cm³/mol. The van der Waals surface area contributed by atoms with E-state index in [1.165, 1.54) is 0 Å². The number of hydrogen-bond donors (Lipinski definition) is 1. The van der Waals surface area contributed by atoms with Gasteiger partial charge in [0.2, 0.25) is 0 Å². The number of carboxylic acids is 1. The van der Waals surface area contributed by atoms with E-state index in [4.69, 9.17) is 5.11 Å². The third-order valence-electron chi connectivity index (χ3n) is 1.78. The molecule has 3 heteroatoms. The Morgan fingerprint density at radius 3 is 2.25 bits per heavy atom. The third-order valence-corrected chi connectivity index (χ3v) is 1.78. The number of rotatable bonds is 1. The van der Waals surface area contributed by atoms with E-state index in [1.54, 1.807) is 12.1 Å². The Hall–Kier alpha value is -1.28. The summed E-state index contributed by atoms with van der Waals surface area (Å²) in [5.41, 5.74) is 2.49. The smallest absolute Gasteiger partial charge is 0.335 e. The topological polar surface area (TPSA) is 37.3 Å². The summed E-state index contributed by atoms with van der Waals surface area (Å²) < 4.78 is 0. The van der Waals surface area contributed by atoms with Crippen molar-refractivity contribution in [2.45, 2.75) is 0 Å². The van der Waals surface area contributed by atoms with Gasteiger partial charge in [0, 0.05) is 0 Å². The number of carbonyl (C=O) groups is 1. The van der Waals surface area contributed by atoms with Gasteiger partial charge in [0.25, 0.3) is 0 Å². The van der Waals surface area contributed by atoms with Gasteiger partial charge in [-0.15, -0.1) is 12.4 Å². The first-order valence-corrected chi connectivity index (χ1v) is 3.33. The average molecular weight is 183 g/mol. The summed E-state index contributed by atoms with van der Waals surface area (Å²) >= 11 is 0.